The second kappa shape index (κ2) is 8.19. The highest BCUT2D eigenvalue weighted by atomic mass is 16.5. The van der Waals surface area contributed by atoms with Gasteiger partial charge < -0.3 is 15.2 Å². The lowest BCUT2D eigenvalue weighted by Crippen LogP contribution is -2.41. The van der Waals surface area contributed by atoms with Gasteiger partial charge in [0.25, 0.3) is 0 Å². The first-order chi connectivity index (χ1) is 15.0. The number of nitrogens with zero attached hydrogens (tertiary/aromatic N) is 3. The van der Waals surface area contributed by atoms with E-state index in [1.807, 2.05) is 25.3 Å². The van der Waals surface area contributed by atoms with Crippen molar-refractivity contribution in [3.8, 4) is 16.9 Å². The number of anilines is 1. The van der Waals surface area contributed by atoms with Crippen LogP contribution < -0.4 is 15.0 Å². The van der Waals surface area contributed by atoms with Crippen molar-refractivity contribution in [1.82, 2.24) is 15.1 Å². The standard InChI is InChI=1S/C24H32N4O3/c1-15-12-18(10-11-25-15)27-14-17(13-26-27)20-8-9-22-21(23(20)31-19-4-3-5-19)7-6-16(2)28(22)24(29)30/h8-9,13-16,18-19,25H,3-7,10-12H2,1-2H3,(H,29,30)/t15?,16-,18?/m0/s1. The van der Waals surface area contributed by atoms with Gasteiger partial charge in [-0.25, -0.2) is 4.79 Å². The highest BCUT2D eigenvalue weighted by molar-refractivity contribution is 5.91. The van der Waals surface area contributed by atoms with Crippen molar-refractivity contribution in [2.24, 2.45) is 0 Å². The molecule has 31 heavy (non-hydrogen) atoms. The largest absolute Gasteiger partial charge is 0.489 e. The van der Waals surface area contributed by atoms with Crippen molar-refractivity contribution >= 4 is 11.8 Å². The van der Waals surface area contributed by atoms with Crippen LogP contribution in [0.3, 0.4) is 0 Å². The normalized spacial score (nSPS) is 26.3. The van der Waals surface area contributed by atoms with Gasteiger partial charge in [-0.15, -0.1) is 0 Å². The summed E-state index contributed by atoms with van der Waals surface area (Å²) in [5.74, 6) is 0.860. The van der Waals surface area contributed by atoms with Crippen LogP contribution in [0.15, 0.2) is 24.5 Å². The summed E-state index contributed by atoms with van der Waals surface area (Å²) in [7, 11) is 0. The molecule has 1 amide bonds. The van der Waals surface area contributed by atoms with Crippen LogP contribution >= 0.6 is 0 Å². The molecule has 166 valence electrons. The Bertz CT molecular complexity index is 968. The van der Waals surface area contributed by atoms with E-state index in [0.717, 1.165) is 73.2 Å². The van der Waals surface area contributed by atoms with E-state index >= 15 is 0 Å². The number of benzene rings is 1. The van der Waals surface area contributed by atoms with Gasteiger partial charge in [0.2, 0.25) is 0 Å². The highest BCUT2D eigenvalue weighted by Crippen LogP contribution is 2.44. The Morgan fingerprint density at radius 2 is 2.06 bits per heavy atom. The second-order valence-corrected chi connectivity index (χ2v) is 9.39. The van der Waals surface area contributed by atoms with Crippen LogP contribution in [0.4, 0.5) is 10.5 Å². The topological polar surface area (TPSA) is 79.6 Å². The molecule has 2 aromatic rings. The van der Waals surface area contributed by atoms with Crippen LogP contribution in [0.2, 0.25) is 0 Å². The van der Waals surface area contributed by atoms with Crippen molar-refractivity contribution in [3.63, 3.8) is 0 Å². The first-order valence-electron chi connectivity index (χ1n) is 11.6. The number of hydrogen-bond donors (Lipinski definition) is 2. The third-order valence-electron chi connectivity index (χ3n) is 7.17. The van der Waals surface area contributed by atoms with Gasteiger partial charge in [-0.05, 0) is 77.5 Å². The summed E-state index contributed by atoms with van der Waals surface area (Å²) in [5.41, 5.74) is 3.86. The number of rotatable bonds is 4. The summed E-state index contributed by atoms with van der Waals surface area (Å²) < 4.78 is 8.60. The smallest absolute Gasteiger partial charge is 0.412 e. The Morgan fingerprint density at radius 1 is 1.23 bits per heavy atom. The van der Waals surface area contributed by atoms with Gasteiger partial charge in [-0.3, -0.25) is 9.58 Å². The number of nitrogens with one attached hydrogen (secondary N) is 1. The molecule has 2 fully saturated rings. The fourth-order valence-electron chi connectivity index (χ4n) is 5.14. The molecule has 3 aliphatic rings. The van der Waals surface area contributed by atoms with Gasteiger partial charge >= 0.3 is 6.09 Å². The van der Waals surface area contributed by atoms with E-state index in [0.29, 0.717) is 12.1 Å². The van der Waals surface area contributed by atoms with E-state index in [4.69, 9.17) is 9.84 Å². The van der Waals surface area contributed by atoms with Gasteiger partial charge in [0.1, 0.15) is 5.75 Å². The predicted octanol–water partition coefficient (Wildman–Crippen LogP) is 4.61. The molecule has 1 aromatic heterocycles. The lowest BCUT2D eigenvalue weighted by Gasteiger charge is -2.36. The minimum Gasteiger partial charge on any atom is -0.489 e. The summed E-state index contributed by atoms with van der Waals surface area (Å²) in [6.45, 7) is 5.21. The lowest BCUT2D eigenvalue weighted by atomic mass is 9.91. The zero-order chi connectivity index (χ0) is 21.5. The number of piperidine rings is 1. The molecule has 1 aliphatic carbocycles. The van der Waals surface area contributed by atoms with Gasteiger partial charge in [0.05, 0.1) is 24.0 Å². The van der Waals surface area contributed by atoms with Crippen molar-refractivity contribution in [2.75, 3.05) is 11.4 Å². The SMILES string of the molecule is CC1CC(n2cc(-c3ccc4c(c3OC3CCC3)CC[C@H](C)N4C(=O)O)cn2)CCN1. The Hall–Kier alpha value is -2.54. The number of carbonyl (C=O) groups is 1. The first kappa shape index (κ1) is 20.4. The van der Waals surface area contributed by atoms with Gasteiger partial charge in [-0.2, -0.15) is 5.10 Å². The molecule has 7 heteroatoms. The molecule has 2 unspecified atom stereocenters. The Labute approximate surface area is 183 Å². The maximum atomic E-state index is 12.0. The quantitative estimate of drug-likeness (QED) is 0.749. The molecule has 3 atom stereocenters. The maximum absolute atomic E-state index is 12.0. The van der Waals surface area contributed by atoms with Crippen molar-refractivity contribution in [3.05, 3.63) is 30.1 Å². The fourth-order valence-corrected chi connectivity index (χ4v) is 5.14. The van der Waals surface area contributed by atoms with E-state index in [-0.39, 0.29) is 12.1 Å². The summed E-state index contributed by atoms with van der Waals surface area (Å²) in [6, 6.07) is 4.84. The first-order valence-corrected chi connectivity index (χ1v) is 11.6. The van der Waals surface area contributed by atoms with E-state index in [1.54, 1.807) is 0 Å². The molecule has 7 nitrogen and oxygen atoms in total. The molecule has 0 spiro atoms. The number of hydrogen-bond acceptors (Lipinski definition) is 4. The van der Waals surface area contributed by atoms with Gasteiger partial charge in [0.15, 0.2) is 0 Å². The molecular formula is C24H32N4O3. The molecule has 0 bridgehead atoms. The zero-order valence-corrected chi connectivity index (χ0v) is 18.4. The van der Waals surface area contributed by atoms with Crippen molar-refractivity contribution in [1.29, 1.82) is 0 Å². The summed E-state index contributed by atoms with van der Waals surface area (Å²) in [5, 5.41) is 18.0. The Morgan fingerprint density at radius 3 is 2.77 bits per heavy atom. The molecule has 5 rings (SSSR count). The van der Waals surface area contributed by atoms with E-state index in [2.05, 4.69) is 23.1 Å². The van der Waals surface area contributed by atoms with E-state index < -0.39 is 6.09 Å². The highest BCUT2D eigenvalue weighted by Gasteiger charge is 2.33. The van der Waals surface area contributed by atoms with Gasteiger partial charge in [0, 0.05) is 35.0 Å². The van der Waals surface area contributed by atoms with Crippen LogP contribution in [0.5, 0.6) is 5.75 Å². The molecule has 1 aromatic carbocycles. The molecule has 1 saturated carbocycles. The third kappa shape index (κ3) is 3.80. The van der Waals surface area contributed by atoms with Crippen molar-refractivity contribution < 1.29 is 14.6 Å². The molecule has 1 saturated heterocycles. The summed E-state index contributed by atoms with van der Waals surface area (Å²) in [4.78, 5) is 13.5. The lowest BCUT2D eigenvalue weighted by molar-refractivity contribution is 0.119. The number of ether oxygens (including phenoxy) is 1. The third-order valence-corrected chi connectivity index (χ3v) is 7.17. The second-order valence-electron chi connectivity index (χ2n) is 9.39. The molecule has 2 N–H and O–H groups in total. The van der Waals surface area contributed by atoms with Crippen LogP contribution in [0, 0.1) is 0 Å². The van der Waals surface area contributed by atoms with Crippen molar-refractivity contribution in [2.45, 2.75) is 83.0 Å². The number of fused-ring (bicyclic) bond motifs is 1. The minimum absolute atomic E-state index is 0.0305. The molecule has 3 heterocycles. The van der Waals surface area contributed by atoms with E-state index in [9.17, 15) is 9.90 Å². The van der Waals surface area contributed by atoms with Crippen LogP contribution in [-0.2, 0) is 6.42 Å². The van der Waals surface area contributed by atoms with Crippen LogP contribution in [0.25, 0.3) is 11.1 Å². The Kier molecular flexibility index (Phi) is 5.38. The minimum atomic E-state index is -0.899. The summed E-state index contributed by atoms with van der Waals surface area (Å²) >= 11 is 0. The van der Waals surface area contributed by atoms with Gasteiger partial charge in [-0.1, -0.05) is 0 Å². The van der Waals surface area contributed by atoms with Crippen LogP contribution in [0.1, 0.15) is 64.0 Å². The number of amides is 1. The average Bonchev–Trinajstić information content (AvgIpc) is 3.20. The molecule has 0 radical (unpaired) electrons. The number of aromatic nitrogens is 2. The fraction of sp³-hybridized carbons (Fsp3) is 0.583. The summed E-state index contributed by atoms with van der Waals surface area (Å²) in [6.07, 6.45) is 10.5. The maximum Gasteiger partial charge on any atom is 0.412 e. The molecular weight excluding hydrogens is 392 g/mol. The van der Waals surface area contributed by atoms with E-state index in [1.165, 1.54) is 11.3 Å². The Balaban J connectivity index is 1.53. The predicted molar refractivity (Wildman–Crippen MR) is 120 cm³/mol. The van der Waals surface area contributed by atoms with Crippen LogP contribution in [-0.4, -0.2) is 45.7 Å². The molecule has 2 aliphatic heterocycles. The average molecular weight is 425 g/mol. The number of carboxylic acid groups (broad SMARTS) is 1. The zero-order valence-electron chi connectivity index (χ0n) is 18.4. The monoisotopic (exact) mass is 424 g/mol.